The number of hydrogen-bond acceptors (Lipinski definition) is 4. The molecule has 1 atom stereocenters. The van der Waals surface area contributed by atoms with Crippen LogP contribution in [-0.2, 0) is 0 Å². The minimum atomic E-state index is 0.132. The Labute approximate surface area is 140 Å². The predicted molar refractivity (Wildman–Crippen MR) is 93.3 cm³/mol. The third-order valence-corrected chi connectivity index (χ3v) is 4.85. The minimum absolute atomic E-state index is 0.132. The summed E-state index contributed by atoms with van der Waals surface area (Å²) in [6.07, 6.45) is 0. The number of anilines is 1. The number of thiophene rings is 1. The number of fused-ring (bicyclic) bond motifs is 1. The van der Waals surface area contributed by atoms with E-state index in [9.17, 15) is 0 Å². The van der Waals surface area contributed by atoms with E-state index >= 15 is 0 Å². The van der Waals surface area contributed by atoms with Crippen LogP contribution in [0, 0.1) is 6.92 Å². The average molecular weight is 383 g/mol. The quantitative estimate of drug-likeness (QED) is 0.600. The van der Waals surface area contributed by atoms with E-state index in [2.05, 4.69) is 63.3 Å². The van der Waals surface area contributed by atoms with Crippen molar-refractivity contribution >= 4 is 54.9 Å². The Morgan fingerprint density at radius 1 is 1.24 bits per heavy atom. The van der Waals surface area contributed by atoms with Gasteiger partial charge >= 0.3 is 0 Å². The van der Waals surface area contributed by atoms with Gasteiger partial charge in [-0.15, -0.1) is 11.3 Å². The lowest BCUT2D eigenvalue weighted by atomic mass is 10.1. The van der Waals surface area contributed by atoms with Crippen molar-refractivity contribution in [1.29, 1.82) is 0 Å². The molecule has 3 aromatic rings. The van der Waals surface area contributed by atoms with Crippen molar-refractivity contribution in [3.8, 4) is 0 Å². The molecule has 0 fully saturated rings. The standard InChI is InChI=1S/C15H13BrClN3S/c1-8-7-12-13(19-15(17)20-14(12)21-8)18-9(2)10-3-5-11(16)6-4-10/h3-7,9H,1-2H3,(H,18,19,20). The minimum Gasteiger partial charge on any atom is -0.363 e. The summed E-state index contributed by atoms with van der Waals surface area (Å²) in [5.74, 6) is 0.782. The van der Waals surface area contributed by atoms with Crippen molar-refractivity contribution in [3.05, 3.63) is 50.5 Å². The molecular formula is C15H13BrClN3S. The van der Waals surface area contributed by atoms with Crippen molar-refractivity contribution in [1.82, 2.24) is 9.97 Å². The first-order valence-electron chi connectivity index (χ1n) is 6.48. The Kier molecular flexibility index (Phi) is 4.15. The molecule has 0 spiro atoms. The van der Waals surface area contributed by atoms with Crippen molar-refractivity contribution in [2.45, 2.75) is 19.9 Å². The Bertz CT molecular complexity index is 785. The van der Waals surface area contributed by atoms with Gasteiger partial charge in [-0.1, -0.05) is 28.1 Å². The highest BCUT2D eigenvalue weighted by molar-refractivity contribution is 9.10. The smallest absolute Gasteiger partial charge is 0.225 e. The first kappa shape index (κ1) is 14.8. The van der Waals surface area contributed by atoms with Gasteiger partial charge < -0.3 is 5.32 Å². The van der Waals surface area contributed by atoms with E-state index in [0.717, 1.165) is 20.5 Å². The molecule has 0 aliphatic carbocycles. The molecule has 0 radical (unpaired) electrons. The second-order valence-electron chi connectivity index (χ2n) is 4.83. The lowest BCUT2D eigenvalue weighted by Crippen LogP contribution is -2.08. The molecule has 0 aliphatic heterocycles. The fraction of sp³-hybridized carbons (Fsp3) is 0.200. The normalized spacial score (nSPS) is 12.6. The van der Waals surface area contributed by atoms with Crippen molar-refractivity contribution in [3.63, 3.8) is 0 Å². The Morgan fingerprint density at radius 3 is 2.67 bits per heavy atom. The lowest BCUT2D eigenvalue weighted by molar-refractivity contribution is 0.876. The number of rotatable bonds is 3. The first-order valence-corrected chi connectivity index (χ1v) is 8.47. The van der Waals surface area contributed by atoms with Crippen molar-refractivity contribution < 1.29 is 0 Å². The third-order valence-electron chi connectivity index (χ3n) is 3.21. The van der Waals surface area contributed by atoms with E-state index in [1.807, 2.05) is 12.1 Å². The molecular weight excluding hydrogens is 370 g/mol. The molecule has 0 bridgehead atoms. The van der Waals surface area contributed by atoms with E-state index < -0.39 is 0 Å². The van der Waals surface area contributed by atoms with E-state index in [4.69, 9.17) is 11.6 Å². The number of aryl methyl sites for hydroxylation is 1. The summed E-state index contributed by atoms with van der Waals surface area (Å²) in [6.45, 7) is 4.16. The first-order chi connectivity index (χ1) is 10.0. The Balaban J connectivity index is 1.95. The molecule has 21 heavy (non-hydrogen) atoms. The van der Waals surface area contributed by atoms with Gasteiger partial charge in [0, 0.05) is 15.4 Å². The summed E-state index contributed by atoms with van der Waals surface area (Å²) < 4.78 is 1.07. The second-order valence-corrected chi connectivity index (χ2v) is 7.32. The lowest BCUT2D eigenvalue weighted by Gasteiger charge is -2.15. The fourth-order valence-corrected chi connectivity index (χ4v) is 3.53. The summed E-state index contributed by atoms with van der Waals surface area (Å²) in [5, 5.41) is 4.72. The van der Waals surface area contributed by atoms with E-state index in [1.165, 1.54) is 10.4 Å². The molecule has 0 saturated carbocycles. The highest BCUT2D eigenvalue weighted by Gasteiger charge is 2.13. The van der Waals surface area contributed by atoms with Gasteiger partial charge in [-0.2, -0.15) is 0 Å². The van der Waals surface area contributed by atoms with Gasteiger partial charge in [-0.3, -0.25) is 0 Å². The maximum atomic E-state index is 6.02. The monoisotopic (exact) mass is 381 g/mol. The van der Waals surface area contributed by atoms with Gasteiger partial charge in [-0.25, -0.2) is 9.97 Å². The molecule has 1 aromatic carbocycles. The molecule has 3 nitrogen and oxygen atoms in total. The maximum Gasteiger partial charge on any atom is 0.225 e. The van der Waals surface area contributed by atoms with Crippen LogP contribution in [0.5, 0.6) is 0 Å². The predicted octanol–water partition coefficient (Wildman–Crippen LogP) is 5.59. The molecule has 2 heterocycles. The molecule has 0 amide bonds. The van der Waals surface area contributed by atoms with E-state index in [1.54, 1.807) is 11.3 Å². The van der Waals surface area contributed by atoms with Gasteiger partial charge in [0.25, 0.3) is 0 Å². The van der Waals surface area contributed by atoms with Gasteiger partial charge in [0.2, 0.25) is 5.28 Å². The molecule has 108 valence electrons. The number of aromatic nitrogens is 2. The third kappa shape index (κ3) is 3.20. The van der Waals surface area contributed by atoms with Crippen LogP contribution in [0.15, 0.2) is 34.8 Å². The molecule has 6 heteroatoms. The summed E-state index contributed by atoms with van der Waals surface area (Å²) in [5.41, 5.74) is 1.19. The summed E-state index contributed by atoms with van der Waals surface area (Å²) >= 11 is 11.1. The molecule has 2 aromatic heterocycles. The van der Waals surface area contributed by atoms with Crippen LogP contribution in [0.4, 0.5) is 5.82 Å². The molecule has 0 aliphatic rings. The zero-order valence-corrected chi connectivity index (χ0v) is 14.7. The number of nitrogens with zero attached hydrogens (tertiary/aromatic N) is 2. The van der Waals surface area contributed by atoms with E-state index in [-0.39, 0.29) is 11.3 Å². The fourth-order valence-electron chi connectivity index (χ4n) is 2.17. The Hall–Kier alpha value is -1.17. The van der Waals surface area contributed by atoms with Crippen LogP contribution in [0.25, 0.3) is 10.2 Å². The van der Waals surface area contributed by atoms with Gasteiger partial charge in [0.1, 0.15) is 10.6 Å². The number of hydrogen-bond donors (Lipinski definition) is 1. The van der Waals surface area contributed by atoms with E-state index in [0.29, 0.717) is 0 Å². The van der Waals surface area contributed by atoms with Crippen LogP contribution in [-0.4, -0.2) is 9.97 Å². The number of benzene rings is 1. The molecule has 1 N–H and O–H groups in total. The number of halogens is 2. The second kappa shape index (κ2) is 5.91. The van der Waals surface area contributed by atoms with Crippen LogP contribution in [0.3, 0.4) is 0 Å². The van der Waals surface area contributed by atoms with Crippen molar-refractivity contribution in [2.75, 3.05) is 5.32 Å². The average Bonchev–Trinajstić information content (AvgIpc) is 2.79. The summed E-state index contributed by atoms with van der Waals surface area (Å²) in [6, 6.07) is 10.5. The summed E-state index contributed by atoms with van der Waals surface area (Å²) in [7, 11) is 0. The molecule has 1 unspecified atom stereocenters. The van der Waals surface area contributed by atoms with Crippen LogP contribution in [0.2, 0.25) is 5.28 Å². The zero-order valence-electron chi connectivity index (χ0n) is 11.5. The van der Waals surface area contributed by atoms with Crippen LogP contribution in [0.1, 0.15) is 23.4 Å². The largest absolute Gasteiger partial charge is 0.363 e. The van der Waals surface area contributed by atoms with Crippen LogP contribution >= 0.6 is 38.9 Å². The van der Waals surface area contributed by atoms with Crippen molar-refractivity contribution in [2.24, 2.45) is 0 Å². The van der Waals surface area contributed by atoms with Gasteiger partial charge in [0.15, 0.2) is 0 Å². The molecule has 0 saturated heterocycles. The Morgan fingerprint density at radius 2 is 1.95 bits per heavy atom. The maximum absolute atomic E-state index is 6.02. The summed E-state index contributed by atoms with van der Waals surface area (Å²) in [4.78, 5) is 10.7. The molecule has 3 rings (SSSR count). The highest BCUT2D eigenvalue weighted by atomic mass is 79.9. The van der Waals surface area contributed by atoms with Gasteiger partial charge in [-0.05, 0) is 49.2 Å². The SMILES string of the molecule is Cc1cc2c(NC(C)c3ccc(Br)cc3)nc(Cl)nc2s1. The van der Waals surface area contributed by atoms with Crippen LogP contribution < -0.4 is 5.32 Å². The number of nitrogens with one attached hydrogen (secondary N) is 1. The topological polar surface area (TPSA) is 37.8 Å². The highest BCUT2D eigenvalue weighted by Crippen LogP contribution is 2.31. The zero-order chi connectivity index (χ0) is 15.0. The van der Waals surface area contributed by atoms with Gasteiger partial charge in [0.05, 0.1) is 5.39 Å².